The van der Waals surface area contributed by atoms with E-state index in [2.05, 4.69) is 5.32 Å². The fraction of sp³-hybridized carbons (Fsp3) is 0.303. The van der Waals surface area contributed by atoms with Crippen LogP contribution < -0.4 is 10.1 Å². The van der Waals surface area contributed by atoms with Crippen molar-refractivity contribution in [3.63, 3.8) is 0 Å². The summed E-state index contributed by atoms with van der Waals surface area (Å²) >= 11 is 0. The molecule has 0 bridgehead atoms. The molecule has 1 atom stereocenters. The van der Waals surface area contributed by atoms with Gasteiger partial charge in [-0.3, -0.25) is 4.79 Å². The summed E-state index contributed by atoms with van der Waals surface area (Å²) in [5.74, 6) is -1.20. The molecule has 9 nitrogen and oxygen atoms in total. The van der Waals surface area contributed by atoms with Crippen molar-refractivity contribution in [2.75, 3.05) is 13.7 Å². The number of esters is 1. The molecule has 1 aliphatic rings. The maximum atomic E-state index is 12.9. The van der Waals surface area contributed by atoms with Crippen LogP contribution in [0.4, 0.5) is 4.79 Å². The van der Waals surface area contributed by atoms with E-state index in [1.807, 2.05) is 48.5 Å². The van der Waals surface area contributed by atoms with Crippen molar-refractivity contribution in [3.8, 4) is 16.9 Å². The van der Waals surface area contributed by atoms with Gasteiger partial charge in [0.1, 0.15) is 30.5 Å². The van der Waals surface area contributed by atoms with Crippen molar-refractivity contribution < 1.29 is 33.7 Å². The van der Waals surface area contributed by atoms with E-state index in [4.69, 9.17) is 14.2 Å². The van der Waals surface area contributed by atoms with Crippen LogP contribution in [0.15, 0.2) is 72.9 Å². The summed E-state index contributed by atoms with van der Waals surface area (Å²) in [5.41, 5.74) is 5.02. The Morgan fingerprint density at radius 2 is 1.62 bits per heavy atom. The van der Waals surface area contributed by atoms with Crippen LogP contribution in [0, 0.1) is 0 Å². The minimum atomic E-state index is -1.27. The number of carboxylic acids is 1. The van der Waals surface area contributed by atoms with Gasteiger partial charge in [-0.15, -0.1) is 0 Å². The molecular formula is C33H34N2O7. The lowest BCUT2D eigenvalue weighted by Gasteiger charge is -2.19. The Hall–Kier alpha value is -4.79. The third-order valence-corrected chi connectivity index (χ3v) is 7.25. The van der Waals surface area contributed by atoms with E-state index in [9.17, 15) is 19.5 Å². The molecule has 3 aromatic carbocycles. The number of carbonyl (C=O) groups is 3. The molecule has 1 aliphatic carbocycles. The molecule has 1 aromatic heterocycles. The molecule has 0 saturated heterocycles. The van der Waals surface area contributed by atoms with Crippen LogP contribution in [0.2, 0.25) is 0 Å². The molecule has 0 saturated carbocycles. The molecule has 42 heavy (non-hydrogen) atoms. The van der Waals surface area contributed by atoms with Crippen LogP contribution in [0.1, 0.15) is 43.4 Å². The number of carbonyl (C=O) groups excluding carboxylic acids is 2. The number of aromatic nitrogens is 1. The summed E-state index contributed by atoms with van der Waals surface area (Å²) in [4.78, 5) is 37.7. The van der Waals surface area contributed by atoms with Gasteiger partial charge in [-0.2, -0.15) is 0 Å². The average molecular weight is 571 g/mol. The van der Waals surface area contributed by atoms with Crippen molar-refractivity contribution in [2.24, 2.45) is 0 Å². The molecule has 1 amide bonds. The Bertz CT molecular complexity index is 1600. The SMILES string of the molecule is COc1ccc2c(c1)c(C[C@H](NC(=O)OCC1c3ccccc3-c3ccccc31)C(=O)O)cn2CC(=O)OC(C)(C)C. The van der Waals surface area contributed by atoms with Gasteiger partial charge in [0.05, 0.1) is 7.11 Å². The van der Waals surface area contributed by atoms with Gasteiger partial charge in [-0.25, -0.2) is 9.59 Å². The molecule has 1 heterocycles. The van der Waals surface area contributed by atoms with Crippen LogP contribution in [0.5, 0.6) is 5.75 Å². The number of rotatable bonds is 9. The topological polar surface area (TPSA) is 116 Å². The minimum absolute atomic E-state index is 0.0372. The molecule has 2 N–H and O–H groups in total. The maximum absolute atomic E-state index is 12.9. The summed E-state index contributed by atoms with van der Waals surface area (Å²) in [6.07, 6.45) is 0.854. The first-order valence-corrected chi connectivity index (χ1v) is 13.8. The highest BCUT2D eigenvalue weighted by atomic mass is 16.6. The number of nitrogens with zero attached hydrogens (tertiary/aromatic N) is 1. The number of alkyl carbamates (subject to hydrolysis) is 1. The van der Waals surface area contributed by atoms with Gasteiger partial charge in [0.25, 0.3) is 0 Å². The lowest BCUT2D eigenvalue weighted by atomic mass is 9.98. The Kier molecular flexibility index (Phi) is 7.93. The second kappa shape index (κ2) is 11.6. The van der Waals surface area contributed by atoms with Gasteiger partial charge in [-0.05, 0) is 66.8 Å². The van der Waals surface area contributed by atoms with Crippen molar-refractivity contribution in [2.45, 2.75) is 51.3 Å². The zero-order valence-corrected chi connectivity index (χ0v) is 24.0. The van der Waals surface area contributed by atoms with Gasteiger partial charge in [0.2, 0.25) is 0 Å². The van der Waals surface area contributed by atoms with Crippen molar-refractivity contribution >= 4 is 28.9 Å². The van der Waals surface area contributed by atoms with E-state index in [0.29, 0.717) is 22.2 Å². The maximum Gasteiger partial charge on any atom is 0.407 e. The van der Waals surface area contributed by atoms with E-state index in [1.54, 1.807) is 49.7 Å². The summed E-state index contributed by atoms with van der Waals surface area (Å²) in [5, 5.41) is 13.2. The number of ether oxygens (including phenoxy) is 3. The number of benzene rings is 3. The normalized spacial score (nSPS) is 13.2. The molecule has 218 valence electrons. The predicted molar refractivity (Wildman–Crippen MR) is 158 cm³/mol. The molecule has 5 rings (SSSR count). The number of fused-ring (bicyclic) bond motifs is 4. The van der Waals surface area contributed by atoms with E-state index in [1.165, 1.54) is 7.11 Å². The molecule has 0 unspecified atom stereocenters. The first-order chi connectivity index (χ1) is 20.0. The van der Waals surface area contributed by atoms with E-state index in [-0.39, 0.29) is 25.5 Å². The average Bonchev–Trinajstić information content (AvgIpc) is 3.44. The third kappa shape index (κ3) is 6.10. The predicted octanol–water partition coefficient (Wildman–Crippen LogP) is 5.53. The van der Waals surface area contributed by atoms with Gasteiger partial charge in [-0.1, -0.05) is 48.5 Å². The molecule has 0 fully saturated rings. The van der Waals surface area contributed by atoms with E-state index < -0.39 is 29.7 Å². The lowest BCUT2D eigenvalue weighted by molar-refractivity contribution is -0.155. The number of aliphatic carboxylic acids is 1. The monoisotopic (exact) mass is 570 g/mol. The van der Waals surface area contributed by atoms with Gasteiger partial charge >= 0.3 is 18.0 Å². The molecule has 4 aromatic rings. The first kappa shape index (κ1) is 28.7. The Labute approximate surface area is 244 Å². The largest absolute Gasteiger partial charge is 0.497 e. The van der Waals surface area contributed by atoms with Crippen LogP contribution in [0.25, 0.3) is 22.0 Å². The van der Waals surface area contributed by atoms with E-state index >= 15 is 0 Å². The standard InChI is InChI=1S/C33H34N2O7/c1-33(2,3)42-30(36)18-35-17-20(26-16-21(40-4)13-14-29(26)35)15-28(31(37)38)34-32(39)41-19-27-24-11-7-5-9-22(24)23-10-6-8-12-25(23)27/h5-14,16-17,27-28H,15,18-19H2,1-4H3,(H,34,39)(H,37,38)/t28-/m0/s1. The number of amides is 1. The molecule has 0 radical (unpaired) electrons. The highest BCUT2D eigenvalue weighted by Crippen LogP contribution is 2.44. The fourth-order valence-corrected chi connectivity index (χ4v) is 5.49. The molecule has 0 spiro atoms. The highest BCUT2D eigenvalue weighted by Gasteiger charge is 2.30. The Morgan fingerprint density at radius 3 is 2.21 bits per heavy atom. The van der Waals surface area contributed by atoms with Gasteiger partial charge < -0.3 is 29.2 Å². The summed E-state index contributed by atoms with van der Waals surface area (Å²) in [6, 6.07) is 20.1. The molecule has 9 heteroatoms. The fourth-order valence-electron chi connectivity index (χ4n) is 5.49. The highest BCUT2D eigenvalue weighted by molar-refractivity contribution is 5.88. The van der Waals surface area contributed by atoms with Crippen LogP contribution in [-0.2, 0) is 32.0 Å². The second-order valence-corrected chi connectivity index (χ2v) is 11.3. The van der Waals surface area contributed by atoms with Gasteiger partial charge in [0, 0.05) is 29.4 Å². The van der Waals surface area contributed by atoms with Crippen LogP contribution in [0.3, 0.4) is 0 Å². The quantitative estimate of drug-likeness (QED) is 0.254. The number of hydrogen-bond acceptors (Lipinski definition) is 6. The minimum Gasteiger partial charge on any atom is -0.497 e. The number of methoxy groups -OCH3 is 1. The number of nitrogens with one attached hydrogen (secondary N) is 1. The summed E-state index contributed by atoms with van der Waals surface area (Å²) < 4.78 is 18.2. The zero-order valence-electron chi connectivity index (χ0n) is 24.0. The third-order valence-electron chi connectivity index (χ3n) is 7.25. The van der Waals surface area contributed by atoms with Crippen LogP contribution >= 0.6 is 0 Å². The number of hydrogen-bond donors (Lipinski definition) is 2. The Balaban J connectivity index is 1.32. The van der Waals surface area contributed by atoms with Crippen molar-refractivity contribution in [3.05, 3.63) is 89.6 Å². The van der Waals surface area contributed by atoms with Crippen LogP contribution in [-0.4, -0.2) is 53.1 Å². The summed E-state index contributed by atoms with van der Waals surface area (Å²) in [7, 11) is 1.54. The smallest absolute Gasteiger partial charge is 0.407 e. The lowest BCUT2D eigenvalue weighted by Crippen LogP contribution is -2.42. The van der Waals surface area contributed by atoms with E-state index in [0.717, 1.165) is 22.3 Å². The van der Waals surface area contributed by atoms with Gasteiger partial charge in [0.15, 0.2) is 0 Å². The second-order valence-electron chi connectivity index (χ2n) is 11.3. The van der Waals surface area contributed by atoms with Crippen molar-refractivity contribution in [1.29, 1.82) is 0 Å². The Morgan fingerprint density at radius 1 is 0.976 bits per heavy atom. The molecule has 0 aliphatic heterocycles. The van der Waals surface area contributed by atoms with Crippen molar-refractivity contribution in [1.82, 2.24) is 9.88 Å². The number of carboxylic acid groups (broad SMARTS) is 1. The zero-order chi connectivity index (χ0) is 30.0. The first-order valence-electron chi connectivity index (χ1n) is 13.8. The molecular weight excluding hydrogens is 536 g/mol. The summed E-state index contributed by atoms with van der Waals surface area (Å²) in [6.45, 7) is 5.39.